The van der Waals surface area contributed by atoms with Crippen molar-refractivity contribution in [2.24, 2.45) is 11.8 Å². The molecule has 0 aliphatic heterocycles. The molecule has 1 aliphatic rings. The molecule has 2 unspecified atom stereocenters. The lowest BCUT2D eigenvalue weighted by Crippen LogP contribution is -2.20. The third-order valence-corrected chi connectivity index (χ3v) is 3.67. The summed E-state index contributed by atoms with van der Waals surface area (Å²) in [5.41, 5.74) is 2.35. The van der Waals surface area contributed by atoms with E-state index in [0.29, 0.717) is 6.42 Å². The van der Waals surface area contributed by atoms with E-state index in [2.05, 4.69) is 48.9 Å². The van der Waals surface area contributed by atoms with Crippen molar-refractivity contribution in [3.63, 3.8) is 0 Å². The van der Waals surface area contributed by atoms with Crippen molar-refractivity contribution in [2.75, 3.05) is 20.2 Å². The van der Waals surface area contributed by atoms with Gasteiger partial charge in [-0.25, -0.2) is 0 Å². The van der Waals surface area contributed by atoms with Gasteiger partial charge in [-0.05, 0) is 43.0 Å². The summed E-state index contributed by atoms with van der Waals surface area (Å²) < 4.78 is 0. The summed E-state index contributed by atoms with van der Waals surface area (Å²) in [7, 11) is 2.19. The van der Waals surface area contributed by atoms with E-state index in [1.54, 1.807) is 0 Å². The average molecular weight is 257 g/mol. The van der Waals surface area contributed by atoms with Crippen LogP contribution in [0.25, 0.3) is 0 Å². The van der Waals surface area contributed by atoms with Gasteiger partial charge in [0.15, 0.2) is 0 Å². The van der Waals surface area contributed by atoms with Gasteiger partial charge in [-0.2, -0.15) is 0 Å². The molecule has 102 valence electrons. The predicted molar refractivity (Wildman–Crippen MR) is 78.6 cm³/mol. The Kier molecular flexibility index (Phi) is 5.01. The highest BCUT2D eigenvalue weighted by atomic mass is 16.2. The molecule has 1 aromatic carbocycles. The van der Waals surface area contributed by atoms with Crippen LogP contribution in [-0.2, 0) is 6.54 Å². The van der Waals surface area contributed by atoms with Gasteiger partial charge in [-0.3, -0.25) is 0 Å². The molecule has 0 bridgehead atoms. The first-order valence-corrected chi connectivity index (χ1v) is 7.06. The Labute approximate surface area is 116 Å². The van der Waals surface area contributed by atoms with E-state index < -0.39 is 0 Å². The normalized spacial score (nSPS) is 21.1. The molecule has 2 rings (SSSR count). The number of aliphatic hydroxyl groups excluding tert-OH is 1. The molecule has 0 amide bonds. The van der Waals surface area contributed by atoms with Crippen LogP contribution in [-0.4, -0.2) is 30.2 Å². The van der Waals surface area contributed by atoms with E-state index in [4.69, 9.17) is 5.11 Å². The van der Waals surface area contributed by atoms with Crippen LogP contribution in [0.1, 0.15) is 30.9 Å². The molecule has 1 saturated carbocycles. The predicted octanol–water partition coefficient (Wildman–Crippen LogP) is 2.51. The summed E-state index contributed by atoms with van der Waals surface area (Å²) in [6.07, 6.45) is 1.93. The smallest absolute Gasteiger partial charge is 0.0540 e. The van der Waals surface area contributed by atoms with Crippen molar-refractivity contribution >= 4 is 0 Å². The molecule has 1 N–H and O–H groups in total. The lowest BCUT2D eigenvalue weighted by Gasteiger charge is -2.16. The highest BCUT2D eigenvalue weighted by molar-refractivity contribution is 5.37. The zero-order valence-corrected chi connectivity index (χ0v) is 11.9. The minimum Gasteiger partial charge on any atom is -0.395 e. The molecule has 0 spiro atoms. The van der Waals surface area contributed by atoms with Crippen molar-refractivity contribution in [3.05, 3.63) is 35.4 Å². The second-order valence-corrected chi connectivity index (χ2v) is 5.65. The van der Waals surface area contributed by atoms with Crippen molar-refractivity contribution in [1.29, 1.82) is 0 Å². The van der Waals surface area contributed by atoms with Gasteiger partial charge in [0.1, 0.15) is 0 Å². The summed E-state index contributed by atoms with van der Waals surface area (Å²) in [6.45, 7) is 4.64. The Morgan fingerprint density at radius 3 is 2.89 bits per heavy atom. The van der Waals surface area contributed by atoms with Crippen LogP contribution in [0.3, 0.4) is 0 Å². The summed E-state index contributed by atoms with van der Waals surface area (Å²) in [6, 6.07) is 8.39. The van der Waals surface area contributed by atoms with Gasteiger partial charge < -0.3 is 10.0 Å². The van der Waals surface area contributed by atoms with E-state index in [1.165, 1.54) is 18.5 Å². The van der Waals surface area contributed by atoms with Gasteiger partial charge in [0, 0.05) is 25.1 Å². The number of aliphatic hydroxyl groups is 1. The monoisotopic (exact) mass is 257 g/mol. The molecule has 1 aromatic rings. The van der Waals surface area contributed by atoms with Gasteiger partial charge in [-0.15, -0.1) is 0 Å². The molecule has 19 heavy (non-hydrogen) atoms. The molecule has 2 heteroatoms. The Hall–Kier alpha value is -1.30. The van der Waals surface area contributed by atoms with Crippen LogP contribution in [0.15, 0.2) is 24.3 Å². The van der Waals surface area contributed by atoms with E-state index in [-0.39, 0.29) is 6.61 Å². The maximum absolute atomic E-state index is 8.72. The number of hydrogen-bond acceptors (Lipinski definition) is 2. The molecule has 0 heterocycles. The van der Waals surface area contributed by atoms with Crippen LogP contribution in [0.5, 0.6) is 0 Å². The first-order valence-electron chi connectivity index (χ1n) is 7.06. The van der Waals surface area contributed by atoms with E-state index in [9.17, 15) is 0 Å². The van der Waals surface area contributed by atoms with E-state index in [1.807, 2.05) is 6.07 Å². The van der Waals surface area contributed by atoms with Crippen LogP contribution in [0.2, 0.25) is 0 Å². The molecule has 2 nitrogen and oxygen atoms in total. The fourth-order valence-electron chi connectivity index (χ4n) is 2.40. The van der Waals surface area contributed by atoms with Gasteiger partial charge >= 0.3 is 0 Å². The van der Waals surface area contributed by atoms with Crippen LogP contribution in [0, 0.1) is 23.7 Å². The molecular weight excluding hydrogens is 234 g/mol. The van der Waals surface area contributed by atoms with Crippen LogP contribution >= 0.6 is 0 Å². The maximum atomic E-state index is 8.72. The largest absolute Gasteiger partial charge is 0.395 e. The van der Waals surface area contributed by atoms with Gasteiger partial charge in [-0.1, -0.05) is 30.9 Å². The highest BCUT2D eigenvalue weighted by Crippen LogP contribution is 2.38. The van der Waals surface area contributed by atoms with Gasteiger partial charge in [0.2, 0.25) is 0 Å². The SMILES string of the molecule is CC1CC1CN(C)Cc1cccc(C#CCCO)c1. The Bertz CT molecular complexity index is 472. The molecular formula is C17H23NO. The molecule has 0 saturated heterocycles. The lowest BCUT2D eigenvalue weighted by molar-refractivity contribution is 0.305. The van der Waals surface area contributed by atoms with Crippen LogP contribution < -0.4 is 0 Å². The summed E-state index contributed by atoms with van der Waals surface area (Å²) in [5, 5.41) is 8.72. The van der Waals surface area contributed by atoms with Gasteiger partial charge in [0.05, 0.1) is 6.61 Å². The highest BCUT2D eigenvalue weighted by Gasteiger charge is 2.32. The Morgan fingerprint density at radius 1 is 1.42 bits per heavy atom. The average Bonchev–Trinajstić information content (AvgIpc) is 3.05. The molecule has 0 aromatic heterocycles. The first-order chi connectivity index (χ1) is 9.19. The second kappa shape index (κ2) is 6.75. The number of rotatable bonds is 5. The fourth-order valence-corrected chi connectivity index (χ4v) is 2.40. The number of benzene rings is 1. The second-order valence-electron chi connectivity index (χ2n) is 5.65. The molecule has 1 aliphatic carbocycles. The third-order valence-electron chi connectivity index (χ3n) is 3.67. The molecule has 1 fully saturated rings. The quantitative estimate of drug-likeness (QED) is 0.819. The fraction of sp³-hybridized carbons (Fsp3) is 0.529. The zero-order valence-electron chi connectivity index (χ0n) is 11.9. The van der Waals surface area contributed by atoms with Crippen molar-refractivity contribution in [1.82, 2.24) is 4.90 Å². The number of hydrogen-bond donors (Lipinski definition) is 1. The topological polar surface area (TPSA) is 23.5 Å². The minimum atomic E-state index is 0.134. The summed E-state index contributed by atoms with van der Waals surface area (Å²) in [4.78, 5) is 2.40. The van der Waals surface area contributed by atoms with E-state index >= 15 is 0 Å². The first kappa shape index (κ1) is 14.1. The lowest BCUT2D eigenvalue weighted by atomic mass is 10.1. The van der Waals surface area contributed by atoms with E-state index in [0.717, 1.165) is 23.9 Å². The summed E-state index contributed by atoms with van der Waals surface area (Å²) in [5.74, 6) is 7.87. The third kappa shape index (κ3) is 4.70. The van der Waals surface area contributed by atoms with Crippen LogP contribution in [0.4, 0.5) is 0 Å². The maximum Gasteiger partial charge on any atom is 0.0540 e. The molecule has 0 radical (unpaired) electrons. The molecule has 2 atom stereocenters. The Balaban J connectivity index is 1.89. The Morgan fingerprint density at radius 2 is 2.21 bits per heavy atom. The summed E-state index contributed by atoms with van der Waals surface area (Å²) >= 11 is 0. The van der Waals surface area contributed by atoms with Crippen molar-refractivity contribution in [3.8, 4) is 11.8 Å². The van der Waals surface area contributed by atoms with Crippen molar-refractivity contribution in [2.45, 2.75) is 26.3 Å². The van der Waals surface area contributed by atoms with Crippen molar-refractivity contribution < 1.29 is 5.11 Å². The van der Waals surface area contributed by atoms with Gasteiger partial charge in [0.25, 0.3) is 0 Å². The zero-order chi connectivity index (χ0) is 13.7. The number of nitrogens with zero attached hydrogens (tertiary/aromatic N) is 1. The standard InChI is InChI=1S/C17H23NO/c1-14-10-17(14)13-18(2)12-16-8-5-7-15(11-16)6-3-4-9-19/h5,7-8,11,14,17,19H,4,9-10,12-13H2,1-2H3. The minimum absolute atomic E-state index is 0.134.